The molecule has 1 fully saturated rings. The SMILES string of the molecule is COc1cc(/C(C)=N/N(C(C)=O)C2CCN(CC(N)=O)CC2)ccc1O. The lowest BCUT2D eigenvalue weighted by molar-refractivity contribution is -0.132. The molecule has 0 atom stereocenters. The largest absolute Gasteiger partial charge is 0.504 e. The summed E-state index contributed by atoms with van der Waals surface area (Å²) in [5.41, 5.74) is 6.65. The number of phenolic OH excluding ortho intramolecular Hbond substituents is 1. The summed E-state index contributed by atoms with van der Waals surface area (Å²) in [6.07, 6.45) is 1.45. The molecule has 0 aliphatic carbocycles. The van der Waals surface area contributed by atoms with Crippen molar-refractivity contribution < 1.29 is 19.4 Å². The maximum absolute atomic E-state index is 12.1. The summed E-state index contributed by atoms with van der Waals surface area (Å²) in [7, 11) is 1.48. The Morgan fingerprint density at radius 2 is 2.00 bits per heavy atom. The van der Waals surface area contributed by atoms with E-state index in [1.54, 1.807) is 12.1 Å². The standard InChI is InChI=1S/C18H26N4O4/c1-12(14-4-5-16(24)17(10-14)26-3)20-22(13(2)23)15-6-8-21(9-7-15)11-18(19)25/h4-5,10,15,24H,6-9,11H2,1-3H3,(H2,19,25)/b20-12+. The number of hydrogen-bond acceptors (Lipinski definition) is 6. The number of ether oxygens (including phenoxy) is 1. The average molecular weight is 362 g/mol. The number of benzene rings is 1. The van der Waals surface area contributed by atoms with Crippen LogP contribution in [0.5, 0.6) is 11.5 Å². The van der Waals surface area contributed by atoms with E-state index < -0.39 is 0 Å². The molecule has 8 heteroatoms. The van der Waals surface area contributed by atoms with E-state index in [4.69, 9.17) is 10.5 Å². The minimum atomic E-state index is -0.345. The second kappa shape index (κ2) is 8.66. The van der Waals surface area contributed by atoms with Gasteiger partial charge in [0.25, 0.3) is 0 Å². The fraction of sp³-hybridized carbons (Fsp3) is 0.500. The summed E-state index contributed by atoms with van der Waals surface area (Å²) in [5, 5.41) is 15.7. The number of nitrogens with two attached hydrogens (primary N) is 1. The molecular weight excluding hydrogens is 336 g/mol. The number of likely N-dealkylation sites (tertiary alicyclic amines) is 1. The number of hydrazone groups is 1. The molecule has 0 spiro atoms. The van der Waals surface area contributed by atoms with Gasteiger partial charge in [0.2, 0.25) is 11.8 Å². The van der Waals surface area contributed by atoms with Crippen molar-refractivity contribution in [3.8, 4) is 11.5 Å². The first kappa shape index (κ1) is 19.7. The summed E-state index contributed by atoms with van der Waals surface area (Å²) in [4.78, 5) is 25.1. The van der Waals surface area contributed by atoms with E-state index in [1.165, 1.54) is 25.1 Å². The minimum absolute atomic E-state index is 0.0226. The van der Waals surface area contributed by atoms with Crippen LogP contribution in [0.4, 0.5) is 0 Å². The summed E-state index contributed by atoms with van der Waals surface area (Å²) in [5.74, 6) is -0.0778. The molecule has 0 unspecified atom stereocenters. The quantitative estimate of drug-likeness (QED) is 0.578. The van der Waals surface area contributed by atoms with Gasteiger partial charge in [-0.25, -0.2) is 5.01 Å². The lowest BCUT2D eigenvalue weighted by Gasteiger charge is -2.35. The van der Waals surface area contributed by atoms with Gasteiger partial charge in [-0.15, -0.1) is 0 Å². The van der Waals surface area contributed by atoms with Crippen molar-refractivity contribution in [3.63, 3.8) is 0 Å². The van der Waals surface area contributed by atoms with Gasteiger partial charge in [0, 0.05) is 25.6 Å². The molecule has 1 heterocycles. The van der Waals surface area contributed by atoms with E-state index in [0.717, 1.165) is 18.4 Å². The number of nitrogens with zero attached hydrogens (tertiary/aromatic N) is 3. The van der Waals surface area contributed by atoms with Gasteiger partial charge in [0.15, 0.2) is 11.5 Å². The van der Waals surface area contributed by atoms with Crippen LogP contribution in [0.3, 0.4) is 0 Å². The van der Waals surface area contributed by atoms with Crippen LogP contribution in [-0.2, 0) is 9.59 Å². The fourth-order valence-corrected chi connectivity index (χ4v) is 3.07. The number of carbonyl (C=O) groups is 2. The topological polar surface area (TPSA) is 108 Å². The van der Waals surface area contributed by atoms with Crippen molar-refractivity contribution in [2.24, 2.45) is 10.8 Å². The Bertz CT molecular complexity index is 696. The normalized spacial score (nSPS) is 16.3. The molecule has 1 aromatic rings. The van der Waals surface area contributed by atoms with Crippen molar-refractivity contribution in [3.05, 3.63) is 23.8 Å². The smallest absolute Gasteiger partial charge is 0.239 e. The molecule has 1 aromatic carbocycles. The summed E-state index contributed by atoms with van der Waals surface area (Å²) in [6, 6.07) is 4.92. The fourth-order valence-electron chi connectivity index (χ4n) is 3.07. The third-order valence-corrected chi connectivity index (χ3v) is 4.46. The Labute approximate surface area is 153 Å². The number of primary amides is 1. The lowest BCUT2D eigenvalue weighted by Crippen LogP contribution is -2.46. The first-order valence-corrected chi connectivity index (χ1v) is 8.55. The summed E-state index contributed by atoms with van der Waals surface area (Å²) < 4.78 is 5.12. The second-order valence-electron chi connectivity index (χ2n) is 6.41. The Morgan fingerprint density at radius 1 is 1.35 bits per heavy atom. The minimum Gasteiger partial charge on any atom is -0.504 e. The molecule has 0 aromatic heterocycles. The summed E-state index contributed by atoms with van der Waals surface area (Å²) >= 11 is 0. The first-order valence-electron chi connectivity index (χ1n) is 8.55. The van der Waals surface area contributed by atoms with E-state index in [2.05, 4.69) is 5.10 Å². The van der Waals surface area contributed by atoms with Crippen LogP contribution in [0.1, 0.15) is 32.3 Å². The zero-order valence-electron chi connectivity index (χ0n) is 15.4. The van der Waals surface area contributed by atoms with Crippen molar-refractivity contribution >= 4 is 17.5 Å². The zero-order valence-corrected chi connectivity index (χ0v) is 15.4. The second-order valence-corrected chi connectivity index (χ2v) is 6.41. The molecule has 0 bridgehead atoms. The van der Waals surface area contributed by atoms with Crippen LogP contribution in [0.2, 0.25) is 0 Å². The molecule has 1 saturated heterocycles. The molecule has 2 rings (SSSR count). The van der Waals surface area contributed by atoms with Crippen LogP contribution in [0, 0.1) is 0 Å². The number of phenols is 1. The highest BCUT2D eigenvalue weighted by Gasteiger charge is 2.27. The van der Waals surface area contributed by atoms with E-state index in [1.807, 2.05) is 11.8 Å². The summed E-state index contributed by atoms with van der Waals surface area (Å²) in [6.45, 7) is 4.92. The van der Waals surface area contributed by atoms with Crippen LogP contribution >= 0.6 is 0 Å². The molecule has 1 aliphatic rings. The van der Waals surface area contributed by atoms with Gasteiger partial charge < -0.3 is 15.6 Å². The number of carbonyl (C=O) groups excluding carboxylic acids is 2. The molecular formula is C18H26N4O4. The van der Waals surface area contributed by atoms with Gasteiger partial charge in [-0.3, -0.25) is 14.5 Å². The maximum Gasteiger partial charge on any atom is 0.239 e. The maximum atomic E-state index is 12.1. The van der Waals surface area contributed by atoms with Crippen molar-refractivity contribution in [2.75, 3.05) is 26.7 Å². The van der Waals surface area contributed by atoms with Gasteiger partial charge in [0.1, 0.15) is 0 Å². The van der Waals surface area contributed by atoms with E-state index in [0.29, 0.717) is 24.6 Å². The number of aromatic hydroxyl groups is 1. The Balaban J connectivity index is 2.14. The van der Waals surface area contributed by atoms with E-state index in [-0.39, 0.29) is 30.2 Å². The van der Waals surface area contributed by atoms with Gasteiger partial charge in [-0.1, -0.05) is 0 Å². The van der Waals surface area contributed by atoms with Crippen LogP contribution in [0.25, 0.3) is 0 Å². The zero-order chi connectivity index (χ0) is 19.3. The Hall–Kier alpha value is -2.61. The molecule has 142 valence electrons. The van der Waals surface area contributed by atoms with E-state index >= 15 is 0 Å². The third kappa shape index (κ3) is 4.95. The Morgan fingerprint density at radius 3 is 2.54 bits per heavy atom. The molecule has 1 aliphatic heterocycles. The van der Waals surface area contributed by atoms with Crippen molar-refractivity contribution in [1.29, 1.82) is 0 Å². The predicted octanol–water partition coefficient (Wildman–Crippen LogP) is 0.923. The number of hydrogen-bond donors (Lipinski definition) is 2. The van der Waals surface area contributed by atoms with Crippen LogP contribution < -0.4 is 10.5 Å². The Kier molecular flexibility index (Phi) is 6.57. The van der Waals surface area contributed by atoms with Crippen molar-refractivity contribution in [1.82, 2.24) is 9.91 Å². The van der Waals surface area contributed by atoms with Gasteiger partial charge in [-0.05, 0) is 38.0 Å². The molecule has 3 N–H and O–H groups in total. The molecule has 0 radical (unpaired) electrons. The number of rotatable bonds is 6. The van der Waals surface area contributed by atoms with Crippen LogP contribution in [-0.4, -0.2) is 65.3 Å². The highest BCUT2D eigenvalue weighted by Crippen LogP contribution is 2.27. The molecule has 26 heavy (non-hydrogen) atoms. The lowest BCUT2D eigenvalue weighted by atomic mass is 10.0. The number of methoxy groups -OCH3 is 1. The van der Waals surface area contributed by atoms with Crippen molar-refractivity contribution in [2.45, 2.75) is 32.7 Å². The predicted molar refractivity (Wildman–Crippen MR) is 98.0 cm³/mol. The highest BCUT2D eigenvalue weighted by atomic mass is 16.5. The number of amides is 2. The van der Waals surface area contributed by atoms with Crippen LogP contribution in [0.15, 0.2) is 23.3 Å². The first-order chi connectivity index (χ1) is 12.3. The third-order valence-electron chi connectivity index (χ3n) is 4.46. The van der Waals surface area contributed by atoms with Gasteiger partial charge in [-0.2, -0.15) is 5.10 Å². The average Bonchev–Trinajstić information content (AvgIpc) is 2.60. The number of piperidine rings is 1. The molecule has 8 nitrogen and oxygen atoms in total. The monoisotopic (exact) mass is 362 g/mol. The molecule has 2 amide bonds. The van der Waals surface area contributed by atoms with Gasteiger partial charge >= 0.3 is 0 Å². The highest BCUT2D eigenvalue weighted by molar-refractivity contribution is 5.99. The van der Waals surface area contributed by atoms with Gasteiger partial charge in [0.05, 0.1) is 25.4 Å². The van der Waals surface area contributed by atoms with E-state index in [9.17, 15) is 14.7 Å². The molecule has 0 saturated carbocycles.